The van der Waals surface area contributed by atoms with Crippen LogP contribution < -0.4 is 10.0 Å². The van der Waals surface area contributed by atoms with E-state index in [2.05, 4.69) is 35.7 Å². The molecule has 0 spiro atoms. The number of sulfonamides is 1. The van der Waals surface area contributed by atoms with Gasteiger partial charge in [0.15, 0.2) is 5.96 Å². The van der Waals surface area contributed by atoms with E-state index >= 15 is 0 Å². The third kappa shape index (κ3) is 7.91. The van der Waals surface area contributed by atoms with Crippen LogP contribution in [0.2, 0.25) is 0 Å². The minimum absolute atomic E-state index is 0. The van der Waals surface area contributed by atoms with Gasteiger partial charge in [-0.3, -0.25) is 4.72 Å². The highest BCUT2D eigenvalue weighted by Gasteiger charge is 2.28. The number of nitrogens with one attached hydrogen (secondary N) is 2. The third-order valence-electron chi connectivity index (χ3n) is 3.73. The van der Waals surface area contributed by atoms with E-state index in [-0.39, 0.29) is 28.7 Å². The zero-order valence-corrected chi connectivity index (χ0v) is 19.7. The first kappa shape index (κ1) is 23.4. The Kier molecular flexibility index (Phi) is 9.01. The van der Waals surface area contributed by atoms with Crippen LogP contribution >= 0.6 is 35.7 Å². The van der Waals surface area contributed by atoms with Crippen LogP contribution in [0.15, 0.2) is 29.3 Å². The predicted octanol–water partition coefficient (Wildman–Crippen LogP) is 2.97. The number of halogens is 1. The Labute approximate surface area is 178 Å². The maximum absolute atomic E-state index is 11.3. The van der Waals surface area contributed by atoms with Crippen molar-refractivity contribution in [1.29, 1.82) is 0 Å². The average molecular weight is 512 g/mol. The van der Waals surface area contributed by atoms with Gasteiger partial charge in [-0.15, -0.1) is 24.0 Å². The first-order valence-corrected chi connectivity index (χ1v) is 11.3. The Bertz CT molecular complexity index is 706. The largest absolute Gasteiger partial charge is 0.357 e. The van der Waals surface area contributed by atoms with E-state index in [1.165, 1.54) is 0 Å². The molecule has 0 aromatic heterocycles. The summed E-state index contributed by atoms with van der Waals surface area (Å²) in [6.45, 7) is 9.97. The number of thioether (sulfide) groups is 1. The highest BCUT2D eigenvalue weighted by molar-refractivity contribution is 14.0. The molecule has 0 atom stereocenters. The summed E-state index contributed by atoms with van der Waals surface area (Å²) < 4.78 is 25.2. The van der Waals surface area contributed by atoms with Gasteiger partial charge in [0.1, 0.15) is 0 Å². The fraction of sp³-hybridized carbons (Fsp3) is 0.588. The molecule has 2 rings (SSSR count). The van der Waals surface area contributed by atoms with Crippen molar-refractivity contribution in [2.24, 2.45) is 4.99 Å². The quantitative estimate of drug-likeness (QED) is 0.361. The lowest BCUT2D eigenvalue weighted by Crippen LogP contribution is -2.50. The Balaban J connectivity index is 0.00000338. The Hall–Kier alpha value is -0.680. The second-order valence-corrected chi connectivity index (χ2v) is 10.3. The summed E-state index contributed by atoms with van der Waals surface area (Å²) in [7, 11) is -3.24. The van der Waals surface area contributed by atoms with Gasteiger partial charge in [0.2, 0.25) is 10.0 Å². The molecule has 0 amide bonds. The van der Waals surface area contributed by atoms with Crippen molar-refractivity contribution in [1.82, 2.24) is 10.2 Å². The number of hydrogen-bond acceptors (Lipinski definition) is 4. The van der Waals surface area contributed by atoms with Crippen molar-refractivity contribution in [3.63, 3.8) is 0 Å². The standard InChI is InChI=1S/C17H28N4O2S2.HI/c1-5-18-16(21-10-11-24-17(2,3)13-21)19-12-14-6-8-15(9-7-14)20-25(4,22)23;/h6-9,20H,5,10-13H2,1-4H3,(H,18,19);1H. The molecule has 9 heteroatoms. The molecule has 2 N–H and O–H groups in total. The van der Waals surface area contributed by atoms with Crippen LogP contribution in [0.5, 0.6) is 0 Å². The van der Waals surface area contributed by atoms with Crippen LogP contribution in [0, 0.1) is 0 Å². The SMILES string of the molecule is CCNC(=NCc1ccc(NS(C)(=O)=O)cc1)N1CCSC(C)(C)C1.I. The molecule has 1 aliphatic heterocycles. The molecule has 1 saturated heterocycles. The third-order valence-corrected chi connectivity index (χ3v) is 5.63. The van der Waals surface area contributed by atoms with Crippen LogP contribution in [0.3, 0.4) is 0 Å². The van der Waals surface area contributed by atoms with Gasteiger partial charge in [0.25, 0.3) is 0 Å². The molecule has 0 radical (unpaired) electrons. The summed E-state index contributed by atoms with van der Waals surface area (Å²) >= 11 is 2.00. The Morgan fingerprint density at radius 3 is 2.50 bits per heavy atom. The monoisotopic (exact) mass is 512 g/mol. The second kappa shape index (κ2) is 10.0. The van der Waals surface area contributed by atoms with Gasteiger partial charge >= 0.3 is 0 Å². The van der Waals surface area contributed by atoms with Crippen molar-refractivity contribution in [3.8, 4) is 0 Å². The Morgan fingerprint density at radius 1 is 1.31 bits per heavy atom. The number of hydrogen-bond donors (Lipinski definition) is 2. The molecule has 0 saturated carbocycles. The average Bonchev–Trinajstić information content (AvgIpc) is 2.50. The van der Waals surface area contributed by atoms with E-state index in [0.717, 1.165) is 43.2 Å². The summed E-state index contributed by atoms with van der Waals surface area (Å²) in [6, 6.07) is 7.33. The van der Waals surface area contributed by atoms with Gasteiger partial charge in [-0.2, -0.15) is 11.8 Å². The molecule has 1 aliphatic rings. The van der Waals surface area contributed by atoms with Gasteiger partial charge in [-0.1, -0.05) is 12.1 Å². The molecule has 148 valence electrons. The van der Waals surface area contributed by atoms with E-state index < -0.39 is 10.0 Å². The van der Waals surface area contributed by atoms with Gasteiger partial charge in [-0.25, -0.2) is 13.4 Å². The molecule has 1 aromatic rings. The minimum Gasteiger partial charge on any atom is -0.357 e. The number of rotatable bonds is 5. The van der Waals surface area contributed by atoms with E-state index in [4.69, 9.17) is 4.99 Å². The smallest absolute Gasteiger partial charge is 0.229 e. The van der Waals surface area contributed by atoms with Crippen molar-refractivity contribution >= 4 is 57.4 Å². The lowest BCUT2D eigenvalue weighted by Gasteiger charge is -2.39. The zero-order chi connectivity index (χ0) is 18.5. The molecule has 0 unspecified atom stereocenters. The molecular weight excluding hydrogens is 483 g/mol. The molecule has 6 nitrogen and oxygen atoms in total. The van der Waals surface area contributed by atoms with Crippen LogP contribution in [0.1, 0.15) is 26.3 Å². The van der Waals surface area contributed by atoms with E-state index in [9.17, 15) is 8.42 Å². The van der Waals surface area contributed by atoms with E-state index in [1.54, 1.807) is 12.1 Å². The molecule has 1 fully saturated rings. The number of aliphatic imine (C=N–C) groups is 1. The van der Waals surface area contributed by atoms with Crippen molar-refractivity contribution in [2.75, 3.05) is 36.4 Å². The first-order chi connectivity index (χ1) is 11.7. The van der Waals surface area contributed by atoms with Gasteiger partial charge in [0.05, 0.1) is 12.8 Å². The van der Waals surface area contributed by atoms with E-state index in [0.29, 0.717) is 12.2 Å². The Morgan fingerprint density at radius 2 is 1.96 bits per heavy atom. The summed E-state index contributed by atoms with van der Waals surface area (Å²) in [5.41, 5.74) is 1.61. The molecule has 0 bridgehead atoms. The first-order valence-electron chi connectivity index (χ1n) is 8.42. The number of guanidine groups is 1. The maximum Gasteiger partial charge on any atom is 0.229 e. The normalized spacial score (nSPS) is 17.4. The number of anilines is 1. The molecule has 1 aromatic carbocycles. The summed E-state index contributed by atoms with van der Waals surface area (Å²) in [5.74, 6) is 2.04. The maximum atomic E-state index is 11.3. The highest BCUT2D eigenvalue weighted by Crippen LogP contribution is 2.29. The second-order valence-electron chi connectivity index (χ2n) is 6.77. The van der Waals surface area contributed by atoms with Crippen molar-refractivity contribution in [2.45, 2.75) is 32.1 Å². The molecular formula is C17H29IN4O2S2. The molecule has 0 aliphatic carbocycles. The van der Waals surface area contributed by atoms with Crippen molar-refractivity contribution in [3.05, 3.63) is 29.8 Å². The summed E-state index contributed by atoms with van der Waals surface area (Å²) in [5, 5.41) is 3.38. The lowest BCUT2D eigenvalue weighted by atomic mass is 10.2. The summed E-state index contributed by atoms with van der Waals surface area (Å²) in [4.78, 5) is 7.08. The van der Waals surface area contributed by atoms with Crippen molar-refractivity contribution < 1.29 is 8.42 Å². The molecule has 26 heavy (non-hydrogen) atoms. The van der Waals surface area contributed by atoms with E-state index in [1.807, 2.05) is 23.9 Å². The fourth-order valence-electron chi connectivity index (χ4n) is 2.68. The predicted molar refractivity (Wildman–Crippen MR) is 123 cm³/mol. The van der Waals surface area contributed by atoms with Crippen LogP contribution in [-0.4, -0.2) is 55.7 Å². The van der Waals surface area contributed by atoms with Crippen LogP contribution in [-0.2, 0) is 16.6 Å². The number of benzene rings is 1. The number of nitrogens with zero attached hydrogens (tertiary/aromatic N) is 2. The minimum atomic E-state index is -3.24. The zero-order valence-electron chi connectivity index (χ0n) is 15.8. The summed E-state index contributed by atoms with van der Waals surface area (Å²) in [6.07, 6.45) is 1.15. The van der Waals surface area contributed by atoms with Gasteiger partial charge in [-0.05, 0) is 38.5 Å². The fourth-order valence-corrected chi connectivity index (χ4v) is 4.36. The van der Waals surface area contributed by atoms with Crippen LogP contribution in [0.25, 0.3) is 0 Å². The highest BCUT2D eigenvalue weighted by atomic mass is 127. The lowest BCUT2D eigenvalue weighted by molar-refractivity contribution is 0.376. The molecule has 1 heterocycles. The topological polar surface area (TPSA) is 73.8 Å². The van der Waals surface area contributed by atoms with Crippen LogP contribution in [0.4, 0.5) is 5.69 Å². The van der Waals surface area contributed by atoms with Gasteiger partial charge in [0, 0.05) is 35.8 Å². The van der Waals surface area contributed by atoms with Gasteiger partial charge < -0.3 is 10.2 Å².